The van der Waals surface area contributed by atoms with Crippen molar-refractivity contribution < 1.29 is 14.1 Å². The summed E-state index contributed by atoms with van der Waals surface area (Å²) < 4.78 is 4.89. The van der Waals surface area contributed by atoms with Crippen molar-refractivity contribution in [3.63, 3.8) is 0 Å². The summed E-state index contributed by atoms with van der Waals surface area (Å²) in [6.45, 7) is 4.49. The number of aromatic nitrogens is 1. The SMILES string of the molecule is CCCC(=O)N(CC(=O)Nc1cc(C)on1)CC1CC1. The van der Waals surface area contributed by atoms with E-state index in [0.717, 1.165) is 19.3 Å². The number of aryl methyl sites for hydroxylation is 1. The molecule has 2 rings (SSSR count). The lowest BCUT2D eigenvalue weighted by molar-refractivity contribution is -0.135. The first-order valence-electron chi connectivity index (χ1n) is 7.09. The Hall–Kier alpha value is -1.85. The molecule has 6 heteroatoms. The molecule has 0 bridgehead atoms. The smallest absolute Gasteiger partial charge is 0.245 e. The van der Waals surface area contributed by atoms with Crippen LogP contribution < -0.4 is 5.32 Å². The standard InChI is InChI=1S/C14H21N3O3/c1-3-4-14(19)17(8-11-5-6-11)9-13(18)15-12-7-10(2)20-16-12/h7,11H,3-6,8-9H2,1-2H3,(H,15,16,18). The number of hydrogen-bond donors (Lipinski definition) is 1. The molecular weight excluding hydrogens is 258 g/mol. The Morgan fingerprint density at radius 2 is 2.25 bits per heavy atom. The number of carbonyl (C=O) groups is 2. The number of amides is 2. The summed E-state index contributed by atoms with van der Waals surface area (Å²) >= 11 is 0. The molecule has 110 valence electrons. The van der Waals surface area contributed by atoms with E-state index in [2.05, 4.69) is 10.5 Å². The summed E-state index contributed by atoms with van der Waals surface area (Å²) in [5.41, 5.74) is 0. The molecule has 2 amide bonds. The van der Waals surface area contributed by atoms with Gasteiger partial charge in [0.25, 0.3) is 0 Å². The third kappa shape index (κ3) is 4.36. The van der Waals surface area contributed by atoms with E-state index in [1.807, 2.05) is 6.92 Å². The fourth-order valence-electron chi connectivity index (χ4n) is 2.02. The molecule has 1 aliphatic carbocycles. The molecule has 0 unspecified atom stereocenters. The largest absolute Gasteiger partial charge is 0.360 e. The molecule has 0 radical (unpaired) electrons. The predicted octanol–water partition coefficient (Wildman–Crippen LogP) is 1.96. The van der Waals surface area contributed by atoms with Crippen molar-refractivity contribution in [2.45, 2.75) is 39.5 Å². The predicted molar refractivity (Wildman–Crippen MR) is 74.1 cm³/mol. The second kappa shape index (κ2) is 6.54. The fraction of sp³-hybridized carbons (Fsp3) is 0.643. The second-order valence-electron chi connectivity index (χ2n) is 5.34. The van der Waals surface area contributed by atoms with Crippen LogP contribution in [0.4, 0.5) is 5.82 Å². The zero-order chi connectivity index (χ0) is 14.5. The van der Waals surface area contributed by atoms with Gasteiger partial charge < -0.3 is 14.7 Å². The molecule has 1 N–H and O–H groups in total. The van der Waals surface area contributed by atoms with Crippen molar-refractivity contribution in [2.75, 3.05) is 18.4 Å². The van der Waals surface area contributed by atoms with Crippen molar-refractivity contribution in [1.29, 1.82) is 0 Å². The van der Waals surface area contributed by atoms with Gasteiger partial charge in [-0.15, -0.1) is 0 Å². The van der Waals surface area contributed by atoms with Crippen molar-refractivity contribution in [1.82, 2.24) is 10.1 Å². The summed E-state index contributed by atoms with van der Waals surface area (Å²) in [6.07, 6.45) is 3.59. The third-order valence-corrected chi connectivity index (χ3v) is 3.22. The number of nitrogens with one attached hydrogen (secondary N) is 1. The highest BCUT2D eigenvalue weighted by Gasteiger charge is 2.27. The molecule has 1 aliphatic rings. The van der Waals surface area contributed by atoms with Gasteiger partial charge >= 0.3 is 0 Å². The topological polar surface area (TPSA) is 75.4 Å². The van der Waals surface area contributed by atoms with Crippen LogP contribution in [0.5, 0.6) is 0 Å². The van der Waals surface area contributed by atoms with Crippen molar-refractivity contribution in [3.05, 3.63) is 11.8 Å². The third-order valence-electron chi connectivity index (χ3n) is 3.22. The van der Waals surface area contributed by atoms with E-state index in [9.17, 15) is 9.59 Å². The first-order valence-corrected chi connectivity index (χ1v) is 7.09. The number of carbonyl (C=O) groups excluding carboxylic acids is 2. The molecule has 20 heavy (non-hydrogen) atoms. The monoisotopic (exact) mass is 279 g/mol. The minimum Gasteiger partial charge on any atom is -0.360 e. The summed E-state index contributed by atoms with van der Waals surface area (Å²) in [5, 5.41) is 6.35. The number of anilines is 1. The van der Waals surface area contributed by atoms with Crippen LogP contribution in [0.1, 0.15) is 38.4 Å². The van der Waals surface area contributed by atoms with Gasteiger partial charge in [0.1, 0.15) is 5.76 Å². The minimum absolute atomic E-state index is 0.0471. The molecule has 0 saturated heterocycles. The van der Waals surface area contributed by atoms with Crippen LogP contribution in [0.2, 0.25) is 0 Å². The average molecular weight is 279 g/mol. The van der Waals surface area contributed by atoms with Crippen LogP contribution in [0, 0.1) is 12.8 Å². The Bertz CT molecular complexity index is 480. The van der Waals surface area contributed by atoms with Crippen LogP contribution in [-0.2, 0) is 9.59 Å². The van der Waals surface area contributed by atoms with Gasteiger partial charge in [-0.25, -0.2) is 0 Å². The number of hydrogen-bond acceptors (Lipinski definition) is 4. The van der Waals surface area contributed by atoms with E-state index in [1.54, 1.807) is 17.9 Å². The highest BCUT2D eigenvalue weighted by Crippen LogP contribution is 2.29. The summed E-state index contributed by atoms with van der Waals surface area (Å²) in [6, 6.07) is 1.65. The molecule has 1 saturated carbocycles. The maximum Gasteiger partial charge on any atom is 0.245 e. The van der Waals surface area contributed by atoms with Gasteiger partial charge in [-0.05, 0) is 32.1 Å². The normalized spacial score (nSPS) is 14.1. The lowest BCUT2D eigenvalue weighted by Crippen LogP contribution is -2.39. The van der Waals surface area contributed by atoms with Gasteiger partial charge in [0.05, 0.1) is 6.54 Å². The average Bonchev–Trinajstić information content (AvgIpc) is 3.11. The molecule has 0 spiro atoms. The van der Waals surface area contributed by atoms with E-state index in [0.29, 0.717) is 30.5 Å². The van der Waals surface area contributed by atoms with Crippen LogP contribution in [-0.4, -0.2) is 35.0 Å². The zero-order valence-electron chi connectivity index (χ0n) is 12.0. The van der Waals surface area contributed by atoms with E-state index in [1.165, 1.54) is 0 Å². The van der Waals surface area contributed by atoms with Gasteiger partial charge in [0.2, 0.25) is 11.8 Å². The first-order chi connectivity index (χ1) is 9.58. The number of rotatable bonds is 7. The zero-order valence-corrected chi connectivity index (χ0v) is 12.0. The lowest BCUT2D eigenvalue weighted by atomic mass is 10.2. The first kappa shape index (κ1) is 14.6. The highest BCUT2D eigenvalue weighted by atomic mass is 16.5. The minimum atomic E-state index is -0.233. The Labute approximate surface area is 118 Å². The van der Waals surface area contributed by atoms with Gasteiger partial charge in [0.15, 0.2) is 5.82 Å². The molecule has 1 heterocycles. The quantitative estimate of drug-likeness (QED) is 0.828. The fourth-order valence-corrected chi connectivity index (χ4v) is 2.02. The maximum atomic E-state index is 12.0. The Morgan fingerprint density at radius 1 is 1.50 bits per heavy atom. The van der Waals surface area contributed by atoms with Crippen molar-refractivity contribution >= 4 is 17.6 Å². The van der Waals surface area contributed by atoms with Crippen LogP contribution >= 0.6 is 0 Å². The maximum absolute atomic E-state index is 12.0. The van der Waals surface area contributed by atoms with Crippen molar-refractivity contribution in [3.8, 4) is 0 Å². The summed E-state index contributed by atoms with van der Waals surface area (Å²) in [4.78, 5) is 25.6. The summed E-state index contributed by atoms with van der Waals surface area (Å²) in [5.74, 6) is 1.41. The van der Waals surface area contributed by atoms with Gasteiger partial charge in [-0.3, -0.25) is 9.59 Å². The highest BCUT2D eigenvalue weighted by molar-refractivity contribution is 5.93. The van der Waals surface area contributed by atoms with E-state index in [-0.39, 0.29) is 18.4 Å². The molecule has 0 aliphatic heterocycles. The van der Waals surface area contributed by atoms with Crippen LogP contribution in [0.25, 0.3) is 0 Å². The van der Waals surface area contributed by atoms with Gasteiger partial charge in [0, 0.05) is 19.0 Å². The molecule has 1 aromatic heterocycles. The Morgan fingerprint density at radius 3 is 2.80 bits per heavy atom. The molecule has 1 aromatic rings. The second-order valence-corrected chi connectivity index (χ2v) is 5.34. The Kier molecular flexibility index (Phi) is 4.76. The van der Waals surface area contributed by atoms with Gasteiger partial charge in [-0.1, -0.05) is 12.1 Å². The molecule has 0 atom stereocenters. The molecule has 1 fully saturated rings. The van der Waals surface area contributed by atoms with E-state index < -0.39 is 0 Å². The van der Waals surface area contributed by atoms with E-state index in [4.69, 9.17) is 4.52 Å². The summed E-state index contributed by atoms with van der Waals surface area (Å²) in [7, 11) is 0. The van der Waals surface area contributed by atoms with Crippen molar-refractivity contribution in [2.24, 2.45) is 5.92 Å². The number of nitrogens with zero attached hydrogens (tertiary/aromatic N) is 2. The van der Waals surface area contributed by atoms with Crippen LogP contribution in [0.3, 0.4) is 0 Å². The van der Waals surface area contributed by atoms with Crippen LogP contribution in [0.15, 0.2) is 10.6 Å². The molecular formula is C14H21N3O3. The molecule has 6 nitrogen and oxygen atoms in total. The van der Waals surface area contributed by atoms with Gasteiger partial charge in [-0.2, -0.15) is 0 Å². The Balaban J connectivity index is 1.88. The lowest BCUT2D eigenvalue weighted by Gasteiger charge is -2.21. The molecule has 0 aromatic carbocycles. The van der Waals surface area contributed by atoms with E-state index >= 15 is 0 Å².